The Morgan fingerprint density at radius 3 is 2.90 bits per heavy atom. The van der Waals surface area contributed by atoms with Crippen LogP contribution < -0.4 is 10.5 Å². The molecule has 0 spiro atoms. The number of oxazole rings is 1. The van der Waals surface area contributed by atoms with Crippen molar-refractivity contribution in [3.63, 3.8) is 0 Å². The number of benzene rings is 2. The van der Waals surface area contributed by atoms with Crippen LogP contribution in [0, 0.1) is 12.7 Å². The van der Waals surface area contributed by atoms with Gasteiger partial charge in [0.15, 0.2) is 12.2 Å². The SMILES string of the molecule is Cc1ccc(OCc2nc3cc(N)ccc3o2)cc1F. The Morgan fingerprint density at radius 1 is 1.25 bits per heavy atom. The molecule has 3 rings (SSSR count). The first kappa shape index (κ1) is 12.5. The van der Waals surface area contributed by atoms with E-state index in [0.29, 0.717) is 34.0 Å². The van der Waals surface area contributed by atoms with Crippen LogP contribution in [-0.2, 0) is 6.61 Å². The maximum absolute atomic E-state index is 13.4. The molecule has 0 aliphatic heterocycles. The van der Waals surface area contributed by atoms with Crippen LogP contribution in [0.5, 0.6) is 5.75 Å². The first-order chi connectivity index (χ1) is 9.61. The van der Waals surface area contributed by atoms with E-state index in [4.69, 9.17) is 14.9 Å². The van der Waals surface area contributed by atoms with Gasteiger partial charge in [-0.05, 0) is 36.8 Å². The second-order valence-electron chi connectivity index (χ2n) is 4.53. The monoisotopic (exact) mass is 272 g/mol. The third kappa shape index (κ3) is 2.42. The summed E-state index contributed by atoms with van der Waals surface area (Å²) >= 11 is 0. The van der Waals surface area contributed by atoms with Gasteiger partial charge in [0, 0.05) is 11.8 Å². The lowest BCUT2D eigenvalue weighted by Gasteiger charge is -2.04. The predicted octanol–water partition coefficient (Wildman–Crippen LogP) is 3.44. The molecular formula is C15H13FN2O2. The molecular weight excluding hydrogens is 259 g/mol. The normalized spacial score (nSPS) is 10.9. The Bertz CT molecular complexity index is 768. The Balaban J connectivity index is 1.77. The third-order valence-electron chi connectivity index (χ3n) is 2.96. The highest BCUT2D eigenvalue weighted by atomic mass is 19.1. The molecule has 0 unspecified atom stereocenters. The van der Waals surface area contributed by atoms with Crippen LogP contribution in [0.25, 0.3) is 11.1 Å². The average molecular weight is 272 g/mol. The molecule has 1 aromatic heterocycles. The van der Waals surface area contributed by atoms with Gasteiger partial charge in [-0.3, -0.25) is 0 Å². The zero-order valence-corrected chi connectivity index (χ0v) is 10.9. The number of hydrogen-bond donors (Lipinski definition) is 1. The molecule has 0 atom stereocenters. The van der Waals surface area contributed by atoms with E-state index in [9.17, 15) is 4.39 Å². The fourth-order valence-corrected chi connectivity index (χ4v) is 1.86. The molecule has 0 saturated carbocycles. The summed E-state index contributed by atoms with van der Waals surface area (Å²) in [7, 11) is 0. The van der Waals surface area contributed by atoms with Gasteiger partial charge < -0.3 is 14.9 Å². The molecule has 5 heteroatoms. The Labute approximate surface area is 115 Å². The van der Waals surface area contributed by atoms with Crippen molar-refractivity contribution in [1.29, 1.82) is 0 Å². The van der Waals surface area contributed by atoms with Crippen molar-refractivity contribution >= 4 is 16.8 Å². The lowest BCUT2D eigenvalue weighted by Crippen LogP contribution is -1.96. The number of nitrogens with zero attached hydrogens (tertiary/aromatic N) is 1. The number of rotatable bonds is 3. The highest BCUT2D eigenvalue weighted by Gasteiger charge is 2.07. The van der Waals surface area contributed by atoms with Gasteiger partial charge in [0.25, 0.3) is 0 Å². The summed E-state index contributed by atoms with van der Waals surface area (Å²) in [4.78, 5) is 4.26. The minimum atomic E-state index is -0.298. The number of aromatic nitrogens is 1. The molecule has 0 saturated heterocycles. The summed E-state index contributed by atoms with van der Waals surface area (Å²) in [6.07, 6.45) is 0. The predicted molar refractivity (Wildman–Crippen MR) is 73.9 cm³/mol. The van der Waals surface area contributed by atoms with Gasteiger partial charge in [-0.2, -0.15) is 0 Å². The fraction of sp³-hybridized carbons (Fsp3) is 0.133. The van der Waals surface area contributed by atoms with Crippen molar-refractivity contribution in [3.05, 3.63) is 53.7 Å². The lowest BCUT2D eigenvalue weighted by atomic mass is 10.2. The second-order valence-corrected chi connectivity index (χ2v) is 4.53. The molecule has 4 nitrogen and oxygen atoms in total. The molecule has 0 aliphatic carbocycles. The summed E-state index contributed by atoms with van der Waals surface area (Å²) < 4.78 is 24.4. The zero-order chi connectivity index (χ0) is 14.1. The van der Waals surface area contributed by atoms with Crippen LogP contribution in [-0.4, -0.2) is 4.98 Å². The molecule has 1 heterocycles. The standard InChI is InChI=1S/C15H13FN2O2/c1-9-2-4-11(7-12(9)16)19-8-15-18-13-6-10(17)3-5-14(13)20-15/h2-7H,8,17H2,1H3. The van der Waals surface area contributed by atoms with Crippen LogP contribution in [0.15, 0.2) is 40.8 Å². The van der Waals surface area contributed by atoms with Crippen molar-refractivity contribution in [1.82, 2.24) is 4.98 Å². The van der Waals surface area contributed by atoms with E-state index in [-0.39, 0.29) is 12.4 Å². The summed E-state index contributed by atoms with van der Waals surface area (Å²) in [5.74, 6) is 0.564. The van der Waals surface area contributed by atoms with Crippen molar-refractivity contribution in [3.8, 4) is 5.75 Å². The van der Waals surface area contributed by atoms with Crippen LogP contribution in [0.2, 0.25) is 0 Å². The zero-order valence-electron chi connectivity index (χ0n) is 10.9. The topological polar surface area (TPSA) is 61.3 Å². The van der Waals surface area contributed by atoms with Crippen LogP contribution >= 0.6 is 0 Å². The van der Waals surface area contributed by atoms with Gasteiger partial charge in [0.1, 0.15) is 17.1 Å². The van der Waals surface area contributed by atoms with Crippen LogP contribution in [0.4, 0.5) is 10.1 Å². The summed E-state index contributed by atoms with van der Waals surface area (Å²) in [5, 5.41) is 0. The summed E-state index contributed by atoms with van der Waals surface area (Å²) in [5.41, 5.74) is 8.20. The molecule has 0 radical (unpaired) electrons. The van der Waals surface area contributed by atoms with E-state index in [2.05, 4.69) is 4.98 Å². The van der Waals surface area contributed by atoms with E-state index < -0.39 is 0 Å². The smallest absolute Gasteiger partial charge is 0.233 e. The van der Waals surface area contributed by atoms with Gasteiger partial charge in [0.2, 0.25) is 5.89 Å². The maximum atomic E-state index is 13.4. The molecule has 0 aliphatic rings. The van der Waals surface area contributed by atoms with E-state index in [1.807, 2.05) is 0 Å². The number of anilines is 1. The van der Waals surface area contributed by atoms with E-state index in [1.165, 1.54) is 6.07 Å². The molecule has 0 bridgehead atoms. The highest BCUT2D eigenvalue weighted by molar-refractivity contribution is 5.76. The van der Waals surface area contributed by atoms with Crippen molar-refractivity contribution in [2.45, 2.75) is 13.5 Å². The molecule has 20 heavy (non-hydrogen) atoms. The number of nitrogens with two attached hydrogens (primary N) is 1. The number of halogens is 1. The van der Waals surface area contributed by atoms with Crippen LogP contribution in [0.1, 0.15) is 11.5 Å². The van der Waals surface area contributed by atoms with Gasteiger partial charge in [0.05, 0.1) is 0 Å². The van der Waals surface area contributed by atoms with Crippen molar-refractivity contribution in [2.75, 3.05) is 5.73 Å². The first-order valence-corrected chi connectivity index (χ1v) is 6.16. The number of fused-ring (bicyclic) bond motifs is 1. The Hall–Kier alpha value is -2.56. The minimum Gasteiger partial charge on any atom is -0.484 e. The van der Waals surface area contributed by atoms with E-state index in [0.717, 1.165) is 0 Å². The Morgan fingerprint density at radius 2 is 2.10 bits per heavy atom. The fourth-order valence-electron chi connectivity index (χ4n) is 1.86. The van der Waals surface area contributed by atoms with Gasteiger partial charge in [-0.15, -0.1) is 0 Å². The largest absolute Gasteiger partial charge is 0.484 e. The number of ether oxygens (including phenoxy) is 1. The van der Waals surface area contributed by atoms with Crippen LogP contribution in [0.3, 0.4) is 0 Å². The maximum Gasteiger partial charge on any atom is 0.233 e. The Kier molecular flexibility index (Phi) is 3.02. The molecule has 2 N–H and O–H groups in total. The molecule has 0 amide bonds. The molecule has 102 valence electrons. The molecule has 3 aromatic rings. The summed E-state index contributed by atoms with van der Waals surface area (Å²) in [6, 6.07) is 9.94. The van der Waals surface area contributed by atoms with Gasteiger partial charge in [-0.1, -0.05) is 6.07 Å². The lowest BCUT2D eigenvalue weighted by molar-refractivity contribution is 0.266. The highest BCUT2D eigenvalue weighted by Crippen LogP contribution is 2.20. The summed E-state index contributed by atoms with van der Waals surface area (Å²) in [6.45, 7) is 1.83. The van der Waals surface area contributed by atoms with Crippen molar-refractivity contribution < 1.29 is 13.5 Å². The first-order valence-electron chi connectivity index (χ1n) is 6.16. The van der Waals surface area contributed by atoms with Crippen molar-refractivity contribution in [2.24, 2.45) is 0 Å². The third-order valence-corrected chi connectivity index (χ3v) is 2.96. The number of aryl methyl sites for hydroxylation is 1. The van der Waals surface area contributed by atoms with Gasteiger partial charge >= 0.3 is 0 Å². The van der Waals surface area contributed by atoms with Gasteiger partial charge in [-0.25, -0.2) is 9.37 Å². The van der Waals surface area contributed by atoms with E-state index >= 15 is 0 Å². The number of hydrogen-bond acceptors (Lipinski definition) is 4. The average Bonchev–Trinajstić information content (AvgIpc) is 2.82. The molecule has 2 aromatic carbocycles. The molecule has 0 fully saturated rings. The quantitative estimate of drug-likeness (QED) is 0.742. The second kappa shape index (κ2) is 4.85. The minimum absolute atomic E-state index is 0.136. The number of nitrogen functional groups attached to an aromatic ring is 1. The van der Waals surface area contributed by atoms with E-state index in [1.54, 1.807) is 37.3 Å².